The first kappa shape index (κ1) is 24.8. The highest BCUT2D eigenvalue weighted by Gasteiger charge is 2.42. The van der Waals surface area contributed by atoms with E-state index in [0.29, 0.717) is 24.0 Å². The number of carbonyl (C=O) groups excluding carboxylic acids is 2. The molecular formula is C27H35N5O3. The Morgan fingerprint density at radius 1 is 1.29 bits per heavy atom. The number of hydrogen-bond donors (Lipinski definition) is 3. The predicted octanol–water partition coefficient (Wildman–Crippen LogP) is 3.28. The van der Waals surface area contributed by atoms with E-state index in [0.717, 1.165) is 49.7 Å². The van der Waals surface area contributed by atoms with Crippen molar-refractivity contribution in [1.29, 1.82) is 0 Å². The number of aromatic nitrogens is 2. The zero-order chi connectivity index (χ0) is 25.3. The van der Waals surface area contributed by atoms with Crippen LogP contribution in [0.3, 0.4) is 0 Å². The molecule has 2 aromatic rings. The van der Waals surface area contributed by atoms with E-state index < -0.39 is 12.0 Å². The molecule has 0 aliphatic heterocycles. The van der Waals surface area contributed by atoms with Crippen molar-refractivity contribution in [1.82, 2.24) is 14.7 Å². The summed E-state index contributed by atoms with van der Waals surface area (Å²) >= 11 is 0. The molecule has 0 radical (unpaired) electrons. The molecule has 4 rings (SSSR count). The fourth-order valence-corrected chi connectivity index (χ4v) is 5.19. The molecular weight excluding hydrogens is 442 g/mol. The quantitative estimate of drug-likeness (QED) is 0.478. The molecule has 1 aromatic heterocycles. The number of aliphatic hydroxyl groups is 1. The van der Waals surface area contributed by atoms with Crippen LogP contribution in [0.25, 0.3) is 11.3 Å². The summed E-state index contributed by atoms with van der Waals surface area (Å²) < 4.78 is 1.75. The average Bonchev–Trinajstić information content (AvgIpc) is 3.59. The number of nitrogens with two attached hydrogens (primary N) is 2. The van der Waals surface area contributed by atoms with Crippen molar-refractivity contribution in [2.24, 2.45) is 17.1 Å². The Morgan fingerprint density at radius 3 is 2.51 bits per heavy atom. The molecule has 0 saturated heterocycles. The van der Waals surface area contributed by atoms with Crippen LogP contribution in [0.5, 0.6) is 0 Å². The zero-order valence-corrected chi connectivity index (χ0v) is 20.8. The maximum absolute atomic E-state index is 12.3. The van der Waals surface area contributed by atoms with E-state index in [4.69, 9.17) is 16.6 Å². The van der Waals surface area contributed by atoms with E-state index >= 15 is 0 Å². The number of amides is 2. The van der Waals surface area contributed by atoms with E-state index in [1.165, 1.54) is 0 Å². The Hall–Kier alpha value is -3.31. The minimum atomic E-state index is -0.601. The van der Waals surface area contributed by atoms with Crippen LogP contribution in [0.15, 0.2) is 24.3 Å². The van der Waals surface area contributed by atoms with Gasteiger partial charge in [0.05, 0.1) is 12.1 Å². The van der Waals surface area contributed by atoms with Gasteiger partial charge >= 0.3 is 0 Å². The second kappa shape index (κ2) is 9.74. The first-order chi connectivity index (χ1) is 16.6. The van der Waals surface area contributed by atoms with E-state index in [1.807, 2.05) is 24.3 Å². The molecule has 186 valence electrons. The first-order valence-electron chi connectivity index (χ1n) is 12.3. The molecule has 1 atom stereocenters. The molecule has 2 saturated carbocycles. The van der Waals surface area contributed by atoms with Gasteiger partial charge in [-0.25, -0.2) is 4.68 Å². The van der Waals surface area contributed by atoms with Crippen LogP contribution in [-0.2, 0) is 4.79 Å². The summed E-state index contributed by atoms with van der Waals surface area (Å²) in [6, 6.07) is 7.59. The standard InChI is InChI=1S/C27H35N5O3/c1-4-6-21(33)31(3)14-5-13-27(2)15-20(16-27)32-25(28)22(26(29)35)23(30-32)17-7-9-18(10-8-17)24(34)19-11-12-19/h7-10,19-20,24,34H,5,11-16,28H2,1-3H3,(H2,29,35). The predicted molar refractivity (Wildman–Crippen MR) is 135 cm³/mol. The lowest BCUT2D eigenvalue weighted by atomic mass is 9.64. The lowest BCUT2D eigenvalue weighted by Crippen LogP contribution is -2.38. The van der Waals surface area contributed by atoms with E-state index in [1.54, 1.807) is 23.6 Å². The van der Waals surface area contributed by atoms with Crippen molar-refractivity contribution in [2.75, 3.05) is 19.3 Å². The molecule has 8 nitrogen and oxygen atoms in total. The summed E-state index contributed by atoms with van der Waals surface area (Å²) in [7, 11) is 1.77. The maximum Gasteiger partial charge on any atom is 0.298 e. The van der Waals surface area contributed by atoms with Crippen LogP contribution in [0, 0.1) is 23.2 Å². The molecule has 1 unspecified atom stereocenters. The minimum Gasteiger partial charge on any atom is -0.388 e. The van der Waals surface area contributed by atoms with Crippen molar-refractivity contribution in [3.8, 4) is 23.1 Å². The molecule has 1 heterocycles. The summed E-state index contributed by atoms with van der Waals surface area (Å²) in [6.45, 7) is 4.56. The van der Waals surface area contributed by atoms with Gasteiger partial charge in [-0.1, -0.05) is 37.1 Å². The summed E-state index contributed by atoms with van der Waals surface area (Å²) in [5, 5.41) is 15.1. The number of anilines is 1. The molecule has 2 aliphatic carbocycles. The van der Waals surface area contributed by atoms with Gasteiger partial charge in [0.15, 0.2) is 0 Å². The zero-order valence-electron chi connectivity index (χ0n) is 20.8. The first-order valence-corrected chi connectivity index (χ1v) is 12.3. The van der Waals surface area contributed by atoms with Gasteiger partial charge in [-0.2, -0.15) is 5.10 Å². The van der Waals surface area contributed by atoms with Crippen molar-refractivity contribution >= 4 is 17.6 Å². The number of nitrogen functional groups attached to an aromatic ring is 1. The Morgan fingerprint density at radius 2 is 1.94 bits per heavy atom. The third-order valence-corrected chi connectivity index (χ3v) is 7.44. The van der Waals surface area contributed by atoms with Gasteiger partial charge in [0.1, 0.15) is 17.1 Å². The third-order valence-electron chi connectivity index (χ3n) is 7.44. The molecule has 1 aromatic carbocycles. The maximum atomic E-state index is 12.3. The van der Waals surface area contributed by atoms with Gasteiger partial charge in [-0.3, -0.25) is 9.59 Å². The summed E-state index contributed by atoms with van der Waals surface area (Å²) in [4.78, 5) is 25.8. The molecule has 35 heavy (non-hydrogen) atoms. The van der Waals surface area contributed by atoms with Crippen molar-refractivity contribution < 1.29 is 14.7 Å². The molecule has 2 fully saturated rings. The number of benzene rings is 1. The van der Waals surface area contributed by atoms with Gasteiger partial charge in [-0.15, -0.1) is 0 Å². The van der Waals surface area contributed by atoms with Crippen molar-refractivity contribution in [3.63, 3.8) is 0 Å². The summed E-state index contributed by atoms with van der Waals surface area (Å²) in [5.74, 6) is 5.08. The van der Waals surface area contributed by atoms with Crippen molar-refractivity contribution in [2.45, 2.75) is 64.5 Å². The number of primary amides is 1. The highest BCUT2D eigenvalue weighted by Crippen LogP contribution is 2.52. The number of nitrogens with zero attached hydrogens (tertiary/aromatic N) is 3. The number of rotatable bonds is 9. The SMILES string of the molecule is CC#CC(=O)N(C)CCCC1(C)CC(n2nc(-c3ccc(C(O)C4CC4)cc3)c(C(N)=O)c2N)C1. The van der Waals surface area contributed by atoms with Gasteiger partial charge in [0.2, 0.25) is 0 Å². The van der Waals surface area contributed by atoms with Gasteiger partial charge in [-0.05, 0) is 68.3 Å². The number of aliphatic hydroxyl groups excluding tert-OH is 1. The van der Waals surface area contributed by atoms with Gasteiger partial charge in [0, 0.05) is 19.2 Å². The molecule has 5 N–H and O–H groups in total. The van der Waals surface area contributed by atoms with Crippen molar-refractivity contribution in [3.05, 3.63) is 35.4 Å². The van der Waals surface area contributed by atoms with Crippen LogP contribution in [-0.4, -0.2) is 45.2 Å². The number of carbonyl (C=O) groups is 2. The second-order valence-electron chi connectivity index (χ2n) is 10.4. The third kappa shape index (κ3) is 5.20. The van der Waals surface area contributed by atoms with Crippen LogP contribution in [0.1, 0.15) is 80.4 Å². The smallest absolute Gasteiger partial charge is 0.298 e. The van der Waals surface area contributed by atoms with Crippen LogP contribution < -0.4 is 11.5 Å². The van der Waals surface area contributed by atoms with Crippen LogP contribution >= 0.6 is 0 Å². The number of hydrogen-bond acceptors (Lipinski definition) is 5. The molecule has 2 aliphatic rings. The minimum absolute atomic E-state index is 0.0909. The Bertz CT molecular complexity index is 1160. The summed E-state index contributed by atoms with van der Waals surface area (Å²) in [6.07, 6.45) is 5.29. The highest BCUT2D eigenvalue weighted by molar-refractivity contribution is 6.03. The van der Waals surface area contributed by atoms with Crippen LogP contribution in [0.4, 0.5) is 5.82 Å². The topological polar surface area (TPSA) is 127 Å². The Labute approximate surface area is 206 Å². The van der Waals surface area contributed by atoms with E-state index in [2.05, 4.69) is 18.8 Å². The fourth-order valence-electron chi connectivity index (χ4n) is 5.19. The molecule has 8 heteroatoms. The Balaban J connectivity index is 1.44. The molecule has 0 bridgehead atoms. The molecule has 0 spiro atoms. The lowest BCUT2D eigenvalue weighted by Gasteiger charge is -2.46. The average molecular weight is 478 g/mol. The Kier molecular flexibility index (Phi) is 6.91. The summed E-state index contributed by atoms with van der Waals surface area (Å²) in [5.41, 5.74) is 14.5. The second-order valence-corrected chi connectivity index (χ2v) is 10.4. The van der Waals surface area contributed by atoms with E-state index in [-0.39, 0.29) is 22.9 Å². The highest BCUT2D eigenvalue weighted by atomic mass is 16.3. The van der Waals surface area contributed by atoms with Gasteiger partial charge < -0.3 is 21.5 Å². The van der Waals surface area contributed by atoms with E-state index in [9.17, 15) is 14.7 Å². The fraction of sp³-hybridized carbons (Fsp3) is 0.519. The van der Waals surface area contributed by atoms with Crippen LogP contribution in [0.2, 0.25) is 0 Å². The monoisotopic (exact) mass is 477 g/mol. The van der Waals surface area contributed by atoms with Gasteiger partial charge in [0.25, 0.3) is 11.8 Å². The molecule has 2 amide bonds. The lowest BCUT2D eigenvalue weighted by molar-refractivity contribution is -0.124. The largest absolute Gasteiger partial charge is 0.388 e. The normalized spacial score (nSPS) is 22.0.